The first-order chi connectivity index (χ1) is 15.2. The number of aryl methyl sites for hydroxylation is 1. The van der Waals surface area contributed by atoms with Gasteiger partial charge in [0.2, 0.25) is 0 Å². The van der Waals surface area contributed by atoms with E-state index in [0.717, 1.165) is 16.3 Å². The van der Waals surface area contributed by atoms with E-state index in [-0.39, 0.29) is 17.2 Å². The van der Waals surface area contributed by atoms with E-state index < -0.39 is 23.9 Å². The SMILES string of the molecule is Cc1cccc(Cl)c1NC(=O)Nc1cc2ccccc2cc1C(=O)N[C@H](C(=O)O)C(C)C. The van der Waals surface area contributed by atoms with Gasteiger partial charge in [-0.1, -0.05) is 61.8 Å². The van der Waals surface area contributed by atoms with Crippen molar-refractivity contribution < 1.29 is 19.5 Å². The van der Waals surface area contributed by atoms with Crippen molar-refractivity contribution in [3.05, 3.63) is 70.7 Å². The van der Waals surface area contributed by atoms with Crippen LogP contribution in [0, 0.1) is 12.8 Å². The number of carboxylic acid groups (broad SMARTS) is 1. The van der Waals surface area contributed by atoms with Gasteiger partial charge in [-0.2, -0.15) is 0 Å². The summed E-state index contributed by atoms with van der Waals surface area (Å²) in [4.78, 5) is 37.3. The number of carbonyl (C=O) groups is 3. The van der Waals surface area contributed by atoms with E-state index in [1.54, 1.807) is 38.1 Å². The maximum Gasteiger partial charge on any atom is 0.326 e. The summed E-state index contributed by atoms with van der Waals surface area (Å²) in [6, 6.07) is 14.3. The Labute approximate surface area is 190 Å². The maximum absolute atomic E-state index is 13.0. The number of fused-ring (bicyclic) bond motifs is 1. The predicted molar refractivity (Wildman–Crippen MR) is 127 cm³/mol. The number of hydrogen-bond acceptors (Lipinski definition) is 3. The Kier molecular flexibility index (Phi) is 7.00. The number of amides is 3. The van der Waals surface area contributed by atoms with Crippen molar-refractivity contribution >= 4 is 51.7 Å². The summed E-state index contributed by atoms with van der Waals surface area (Å²) in [6.45, 7) is 5.23. The van der Waals surface area contributed by atoms with Crippen LogP contribution in [-0.2, 0) is 4.79 Å². The van der Waals surface area contributed by atoms with E-state index >= 15 is 0 Å². The number of nitrogens with one attached hydrogen (secondary N) is 3. The van der Waals surface area contributed by atoms with Crippen molar-refractivity contribution in [1.82, 2.24) is 5.32 Å². The van der Waals surface area contributed by atoms with Gasteiger partial charge >= 0.3 is 12.0 Å². The molecule has 0 saturated heterocycles. The largest absolute Gasteiger partial charge is 0.480 e. The molecule has 0 unspecified atom stereocenters. The van der Waals surface area contributed by atoms with Crippen LogP contribution in [0.3, 0.4) is 0 Å². The maximum atomic E-state index is 13.0. The molecule has 0 aromatic heterocycles. The standard InChI is InChI=1S/C24H24ClN3O4/c1-13(2)20(23(30)31)27-22(29)17-11-15-8-4-5-9-16(15)12-19(17)26-24(32)28-21-14(3)7-6-10-18(21)25/h4-13,20H,1-3H3,(H,27,29)(H,30,31)(H2,26,28,32)/t20-/m0/s1. The van der Waals surface area contributed by atoms with Crippen LogP contribution < -0.4 is 16.0 Å². The van der Waals surface area contributed by atoms with Crippen molar-refractivity contribution in [2.24, 2.45) is 5.92 Å². The zero-order valence-electron chi connectivity index (χ0n) is 17.9. The van der Waals surface area contributed by atoms with E-state index in [4.69, 9.17) is 11.6 Å². The van der Waals surface area contributed by atoms with Crippen LogP contribution in [0.2, 0.25) is 5.02 Å². The molecule has 166 valence electrons. The Morgan fingerprint density at radius 3 is 2.19 bits per heavy atom. The van der Waals surface area contributed by atoms with Crippen LogP contribution in [0.25, 0.3) is 10.8 Å². The Bertz CT molecular complexity index is 1170. The number of carbonyl (C=O) groups excluding carboxylic acids is 2. The Balaban J connectivity index is 1.95. The monoisotopic (exact) mass is 453 g/mol. The molecule has 0 bridgehead atoms. The lowest BCUT2D eigenvalue weighted by Crippen LogP contribution is -2.44. The summed E-state index contributed by atoms with van der Waals surface area (Å²) in [7, 11) is 0. The minimum Gasteiger partial charge on any atom is -0.480 e. The minimum atomic E-state index is -1.13. The van der Waals surface area contributed by atoms with E-state index in [0.29, 0.717) is 10.7 Å². The number of halogens is 1. The molecule has 1 atom stereocenters. The fourth-order valence-corrected chi connectivity index (χ4v) is 3.59. The third-order valence-corrected chi connectivity index (χ3v) is 5.37. The highest BCUT2D eigenvalue weighted by Gasteiger charge is 2.25. The summed E-state index contributed by atoms with van der Waals surface area (Å²) in [5, 5.41) is 19.4. The summed E-state index contributed by atoms with van der Waals surface area (Å²) >= 11 is 6.19. The first kappa shape index (κ1) is 23.1. The highest BCUT2D eigenvalue weighted by molar-refractivity contribution is 6.34. The molecule has 0 aliphatic rings. The molecule has 0 saturated carbocycles. The second kappa shape index (κ2) is 9.70. The van der Waals surface area contributed by atoms with Gasteiger partial charge in [0.1, 0.15) is 6.04 Å². The Morgan fingerprint density at radius 2 is 1.59 bits per heavy atom. The van der Waals surface area contributed by atoms with Crippen LogP contribution in [-0.4, -0.2) is 29.1 Å². The lowest BCUT2D eigenvalue weighted by atomic mass is 10.0. The average molecular weight is 454 g/mol. The minimum absolute atomic E-state index is 0.154. The smallest absolute Gasteiger partial charge is 0.326 e. The second-order valence-electron chi connectivity index (χ2n) is 7.79. The highest BCUT2D eigenvalue weighted by Crippen LogP contribution is 2.27. The second-order valence-corrected chi connectivity index (χ2v) is 8.20. The van der Waals surface area contributed by atoms with Crippen molar-refractivity contribution in [1.29, 1.82) is 0 Å². The first-order valence-electron chi connectivity index (χ1n) is 10.1. The summed E-state index contributed by atoms with van der Waals surface area (Å²) < 4.78 is 0. The van der Waals surface area contributed by atoms with Crippen LogP contribution >= 0.6 is 11.6 Å². The molecule has 7 nitrogen and oxygen atoms in total. The molecular weight excluding hydrogens is 430 g/mol. The summed E-state index contributed by atoms with van der Waals surface area (Å²) in [5.74, 6) is -2.04. The third-order valence-electron chi connectivity index (χ3n) is 5.06. The predicted octanol–water partition coefficient (Wildman–Crippen LogP) is 5.28. The van der Waals surface area contributed by atoms with Crippen LogP contribution in [0.4, 0.5) is 16.2 Å². The molecule has 0 fully saturated rings. The number of hydrogen-bond donors (Lipinski definition) is 4. The molecule has 3 amide bonds. The first-order valence-corrected chi connectivity index (χ1v) is 10.4. The third kappa shape index (κ3) is 5.18. The number of urea groups is 1. The normalized spacial score (nSPS) is 11.8. The summed E-state index contributed by atoms with van der Waals surface area (Å²) in [5.41, 5.74) is 1.65. The van der Waals surface area contributed by atoms with Crippen molar-refractivity contribution in [3.63, 3.8) is 0 Å². The van der Waals surface area contributed by atoms with Gasteiger partial charge in [0.15, 0.2) is 0 Å². The van der Waals surface area contributed by atoms with E-state index in [2.05, 4.69) is 16.0 Å². The molecular formula is C24H24ClN3O4. The molecule has 0 spiro atoms. The molecule has 4 N–H and O–H groups in total. The summed E-state index contributed by atoms with van der Waals surface area (Å²) in [6.07, 6.45) is 0. The number of benzene rings is 3. The Morgan fingerprint density at radius 1 is 0.938 bits per heavy atom. The van der Waals surface area contributed by atoms with Gasteiger partial charge in [-0.15, -0.1) is 0 Å². The van der Waals surface area contributed by atoms with Crippen molar-refractivity contribution in [2.45, 2.75) is 26.8 Å². The van der Waals surface area contributed by atoms with E-state index in [1.807, 2.05) is 37.3 Å². The molecule has 3 aromatic rings. The number of rotatable bonds is 6. The number of anilines is 2. The molecule has 0 aliphatic heterocycles. The van der Waals surface area contributed by atoms with Crippen molar-refractivity contribution in [3.8, 4) is 0 Å². The van der Waals surface area contributed by atoms with Gasteiger partial charge < -0.3 is 21.1 Å². The molecule has 8 heteroatoms. The van der Waals surface area contributed by atoms with E-state index in [1.165, 1.54) is 0 Å². The molecule has 3 aromatic carbocycles. The lowest BCUT2D eigenvalue weighted by Gasteiger charge is -2.20. The van der Waals surface area contributed by atoms with E-state index in [9.17, 15) is 19.5 Å². The van der Waals surface area contributed by atoms with Gasteiger partial charge in [-0.05, 0) is 47.4 Å². The molecule has 0 radical (unpaired) electrons. The Hall–Kier alpha value is -3.58. The van der Waals surface area contributed by atoms with Crippen LogP contribution in [0.15, 0.2) is 54.6 Å². The highest BCUT2D eigenvalue weighted by atomic mass is 35.5. The van der Waals surface area contributed by atoms with Gasteiger partial charge in [0.25, 0.3) is 5.91 Å². The number of aliphatic carboxylic acids is 1. The van der Waals surface area contributed by atoms with Gasteiger partial charge in [-0.3, -0.25) is 4.79 Å². The van der Waals surface area contributed by atoms with Crippen LogP contribution in [0.1, 0.15) is 29.8 Å². The van der Waals surface area contributed by atoms with Gasteiger partial charge in [0, 0.05) is 0 Å². The topological polar surface area (TPSA) is 108 Å². The van der Waals surface area contributed by atoms with Crippen molar-refractivity contribution in [2.75, 3.05) is 10.6 Å². The molecule has 0 aliphatic carbocycles. The number of para-hydroxylation sites is 1. The zero-order valence-corrected chi connectivity index (χ0v) is 18.7. The molecule has 0 heterocycles. The number of carboxylic acids is 1. The zero-order chi connectivity index (χ0) is 23.4. The van der Waals surface area contributed by atoms with Crippen LogP contribution in [0.5, 0.6) is 0 Å². The lowest BCUT2D eigenvalue weighted by molar-refractivity contribution is -0.140. The van der Waals surface area contributed by atoms with Gasteiger partial charge in [-0.25, -0.2) is 9.59 Å². The molecule has 32 heavy (non-hydrogen) atoms. The van der Waals surface area contributed by atoms with Gasteiger partial charge in [0.05, 0.1) is 22.0 Å². The quantitative estimate of drug-likeness (QED) is 0.407. The fraction of sp³-hybridized carbons (Fsp3) is 0.208. The fourth-order valence-electron chi connectivity index (χ4n) is 3.32. The molecule has 3 rings (SSSR count). The average Bonchev–Trinajstić information content (AvgIpc) is 2.73.